The van der Waals surface area contributed by atoms with Gasteiger partial charge in [-0.1, -0.05) is 0 Å². The highest BCUT2D eigenvalue weighted by molar-refractivity contribution is 5.47. The summed E-state index contributed by atoms with van der Waals surface area (Å²) in [4.78, 5) is 4.85. The molecule has 2 aliphatic heterocycles. The van der Waals surface area contributed by atoms with Crippen LogP contribution in [0.2, 0.25) is 0 Å². The van der Waals surface area contributed by atoms with E-state index in [4.69, 9.17) is 0 Å². The van der Waals surface area contributed by atoms with Crippen molar-refractivity contribution in [3.8, 4) is 0 Å². The predicted octanol–water partition coefficient (Wildman–Crippen LogP) is 0.899. The van der Waals surface area contributed by atoms with Gasteiger partial charge in [0.15, 0.2) is 0 Å². The second-order valence-electron chi connectivity index (χ2n) is 5.95. The first kappa shape index (κ1) is 14.8. The molecule has 1 aromatic carbocycles. The Morgan fingerprint density at radius 3 is 2.67 bits per heavy atom. The zero-order valence-corrected chi connectivity index (χ0v) is 12.5. The zero-order chi connectivity index (χ0) is 14.5. The summed E-state index contributed by atoms with van der Waals surface area (Å²) in [6.45, 7) is 8.81. The van der Waals surface area contributed by atoms with Crippen molar-refractivity contribution >= 4 is 5.69 Å². The highest BCUT2D eigenvalue weighted by Crippen LogP contribution is 2.20. The molecule has 2 fully saturated rings. The predicted molar refractivity (Wildman–Crippen MR) is 84.3 cm³/mol. The van der Waals surface area contributed by atoms with E-state index in [-0.39, 0.29) is 5.82 Å². The molecule has 21 heavy (non-hydrogen) atoms. The molecule has 2 aliphatic rings. The van der Waals surface area contributed by atoms with Crippen molar-refractivity contribution in [1.29, 1.82) is 0 Å². The van der Waals surface area contributed by atoms with Crippen LogP contribution in [0.5, 0.6) is 0 Å². The second-order valence-corrected chi connectivity index (χ2v) is 5.95. The third kappa shape index (κ3) is 4.15. The van der Waals surface area contributed by atoms with Gasteiger partial charge in [-0.3, -0.25) is 4.90 Å². The monoisotopic (exact) mass is 292 g/mol. The summed E-state index contributed by atoms with van der Waals surface area (Å²) >= 11 is 0. The minimum atomic E-state index is -0.163. The molecule has 0 aromatic heterocycles. The molecule has 1 atom stereocenters. The molecule has 0 bridgehead atoms. The highest BCUT2D eigenvalue weighted by Gasteiger charge is 2.22. The molecule has 5 heteroatoms. The first-order valence-corrected chi connectivity index (χ1v) is 7.98. The van der Waals surface area contributed by atoms with E-state index in [0.29, 0.717) is 6.04 Å². The quantitative estimate of drug-likeness (QED) is 0.844. The number of rotatable bonds is 5. The van der Waals surface area contributed by atoms with Crippen LogP contribution in [0, 0.1) is 5.82 Å². The molecule has 0 radical (unpaired) electrons. The topological polar surface area (TPSA) is 30.5 Å². The molecule has 1 aromatic rings. The number of hydrogen-bond acceptors (Lipinski definition) is 4. The first-order valence-electron chi connectivity index (χ1n) is 7.98. The third-order valence-corrected chi connectivity index (χ3v) is 4.45. The molecule has 0 unspecified atom stereocenters. The average molecular weight is 292 g/mol. The Hall–Kier alpha value is -1.17. The van der Waals surface area contributed by atoms with E-state index in [9.17, 15) is 4.39 Å². The van der Waals surface area contributed by atoms with Crippen LogP contribution in [0.4, 0.5) is 10.1 Å². The largest absolute Gasteiger partial charge is 0.370 e. The zero-order valence-electron chi connectivity index (χ0n) is 12.5. The Morgan fingerprint density at radius 2 is 1.90 bits per heavy atom. The van der Waals surface area contributed by atoms with Crippen molar-refractivity contribution in [3.05, 3.63) is 30.1 Å². The van der Waals surface area contributed by atoms with E-state index >= 15 is 0 Å². The van der Waals surface area contributed by atoms with Crippen molar-refractivity contribution < 1.29 is 4.39 Å². The fraction of sp³-hybridized carbons (Fsp3) is 0.625. The van der Waals surface area contributed by atoms with E-state index in [2.05, 4.69) is 20.4 Å². The number of hydrogen-bond donors (Lipinski definition) is 2. The van der Waals surface area contributed by atoms with Crippen molar-refractivity contribution in [3.63, 3.8) is 0 Å². The van der Waals surface area contributed by atoms with Gasteiger partial charge in [0.2, 0.25) is 0 Å². The molecule has 0 aliphatic carbocycles. The van der Waals surface area contributed by atoms with E-state index in [1.807, 2.05) is 12.1 Å². The molecule has 2 N–H and O–H groups in total. The summed E-state index contributed by atoms with van der Waals surface area (Å²) in [7, 11) is 0. The van der Waals surface area contributed by atoms with Crippen LogP contribution in [0.3, 0.4) is 0 Å². The lowest BCUT2D eigenvalue weighted by Crippen LogP contribution is -2.46. The highest BCUT2D eigenvalue weighted by atomic mass is 19.1. The normalized spacial score (nSPS) is 23.7. The van der Waals surface area contributed by atoms with Gasteiger partial charge in [0.1, 0.15) is 5.82 Å². The minimum Gasteiger partial charge on any atom is -0.370 e. The van der Waals surface area contributed by atoms with Crippen molar-refractivity contribution in [2.45, 2.75) is 12.5 Å². The second kappa shape index (κ2) is 7.20. The molecular weight excluding hydrogens is 267 g/mol. The van der Waals surface area contributed by atoms with Crippen LogP contribution >= 0.6 is 0 Å². The number of anilines is 1. The van der Waals surface area contributed by atoms with Gasteiger partial charge in [0, 0.05) is 64.1 Å². The van der Waals surface area contributed by atoms with E-state index in [1.54, 1.807) is 12.1 Å². The molecule has 0 spiro atoms. The van der Waals surface area contributed by atoms with E-state index < -0.39 is 0 Å². The summed E-state index contributed by atoms with van der Waals surface area (Å²) in [6, 6.07) is 7.38. The third-order valence-electron chi connectivity index (χ3n) is 4.45. The first-order chi connectivity index (χ1) is 10.3. The molecule has 4 nitrogen and oxygen atoms in total. The summed E-state index contributed by atoms with van der Waals surface area (Å²) in [5, 5.41) is 7.04. The molecule has 0 amide bonds. The van der Waals surface area contributed by atoms with Gasteiger partial charge in [-0.2, -0.15) is 0 Å². The molecule has 2 heterocycles. The summed E-state index contributed by atoms with van der Waals surface area (Å²) < 4.78 is 13.0. The van der Waals surface area contributed by atoms with Crippen molar-refractivity contribution in [2.75, 3.05) is 57.3 Å². The summed E-state index contributed by atoms with van der Waals surface area (Å²) in [5.74, 6) is -0.163. The standard InChI is InChI=1S/C16H25FN4/c17-14-1-3-16(4-2-14)21-9-5-15(13-21)19-8-12-20-10-6-18-7-11-20/h1-4,15,18-19H,5-13H2/t15-/m1/s1. The smallest absolute Gasteiger partial charge is 0.123 e. The maximum Gasteiger partial charge on any atom is 0.123 e. The lowest BCUT2D eigenvalue weighted by Gasteiger charge is -2.27. The van der Waals surface area contributed by atoms with E-state index in [0.717, 1.165) is 58.0 Å². The average Bonchev–Trinajstić information content (AvgIpc) is 2.98. The SMILES string of the molecule is Fc1ccc(N2CC[C@@H](NCCN3CCNCC3)C2)cc1. The van der Waals surface area contributed by atoms with Crippen molar-refractivity contribution in [2.24, 2.45) is 0 Å². The van der Waals surface area contributed by atoms with Gasteiger partial charge in [0.25, 0.3) is 0 Å². The van der Waals surface area contributed by atoms with Gasteiger partial charge >= 0.3 is 0 Å². The Kier molecular flexibility index (Phi) is 5.06. The molecular formula is C16H25FN4. The maximum atomic E-state index is 13.0. The van der Waals surface area contributed by atoms with Crippen LogP contribution < -0.4 is 15.5 Å². The Bertz CT molecular complexity index is 430. The molecule has 3 rings (SSSR count). The summed E-state index contributed by atoms with van der Waals surface area (Å²) in [5.41, 5.74) is 1.13. The fourth-order valence-electron chi connectivity index (χ4n) is 3.17. The van der Waals surface area contributed by atoms with Crippen LogP contribution in [-0.2, 0) is 0 Å². The lowest BCUT2D eigenvalue weighted by atomic mass is 10.2. The molecule has 0 saturated carbocycles. The number of nitrogens with zero attached hydrogens (tertiary/aromatic N) is 2. The maximum absolute atomic E-state index is 13.0. The van der Waals surface area contributed by atoms with Crippen LogP contribution in [0.25, 0.3) is 0 Å². The van der Waals surface area contributed by atoms with Crippen LogP contribution in [0.1, 0.15) is 6.42 Å². The lowest BCUT2D eigenvalue weighted by molar-refractivity contribution is 0.238. The van der Waals surface area contributed by atoms with Gasteiger partial charge < -0.3 is 15.5 Å². The number of halogens is 1. The number of piperazine rings is 1. The molecule has 2 saturated heterocycles. The van der Waals surface area contributed by atoms with Gasteiger partial charge in [0.05, 0.1) is 0 Å². The van der Waals surface area contributed by atoms with Crippen LogP contribution in [0.15, 0.2) is 24.3 Å². The Balaban J connectivity index is 1.39. The Morgan fingerprint density at radius 1 is 1.14 bits per heavy atom. The van der Waals surface area contributed by atoms with Crippen molar-refractivity contribution in [1.82, 2.24) is 15.5 Å². The van der Waals surface area contributed by atoms with E-state index in [1.165, 1.54) is 6.42 Å². The summed E-state index contributed by atoms with van der Waals surface area (Å²) in [6.07, 6.45) is 1.17. The number of benzene rings is 1. The van der Waals surface area contributed by atoms with Gasteiger partial charge in [-0.05, 0) is 30.7 Å². The fourth-order valence-corrected chi connectivity index (χ4v) is 3.17. The number of nitrogens with one attached hydrogen (secondary N) is 2. The van der Waals surface area contributed by atoms with Gasteiger partial charge in [-0.15, -0.1) is 0 Å². The molecule has 116 valence electrons. The van der Waals surface area contributed by atoms with Gasteiger partial charge in [-0.25, -0.2) is 4.39 Å². The minimum absolute atomic E-state index is 0.163. The Labute approximate surface area is 126 Å². The van der Waals surface area contributed by atoms with Crippen LogP contribution in [-0.4, -0.2) is 63.3 Å².